The number of fused-ring (bicyclic) bond motifs is 1. The van der Waals surface area contributed by atoms with Crippen LogP contribution in [0, 0.1) is 0 Å². The summed E-state index contributed by atoms with van der Waals surface area (Å²) in [5, 5.41) is 0. The van der Waals surface area contributed by atoms with Gasteiger partial charge in [-0.2, -0.15) is 0 Å². The Morgan fingerprint density at radius 3 is 2.24 bits per heavy atom. The summed E-state index contributed by atoms with van der Waals surface area (Å²) in [5.41, 5.74) is 8.67. The molecule has 132 valence electrons. The standard InChI is InChI=1S/C21H28N4/c1-7-14-12-25(6)21-19(14)23-17(9-3)20(24-21)15-10-11-18(13(4)5)22-16(15)8-2/h10-13H,7-9H2,1-6H3. The first kappa shape index (κ1) is 17.6. The molecule has 0 aliphatic heterocycles. The molecule has 0 aliphatic carbocycles. The Labute approximate surface area is 150 Å². The van der Waals surface area contributed by atoms with E-state index in [1.165, 1.54) is 5.56 Å². The molecule has 0 saturated heterocycles. The number of hydrogen-bond acceptors (Lipinski definition) is 3. The van der Waals surface area contributed by atoms with E-state index < -0.39 is 0 Å². The third kappa shape index (κ3) is 3.06. The quantitative estimate of drug-likeness (QED) is 0.669. The molecule has 0 spiro atoms. The lowest BCUT2D eigenvalue weighted by molar-refractivity contribution is 0.807. The van der Waals surface area contributed by atoms with Crippen LogP contribution in [-0.4, -0.2) is 19.5 Å². The maximum absolute atomic E-state index is 5.03. The SMILES string of the molecule is CCc1nc(C(C)C)ccc1-c1nc2c(nc1CC)c(CC)cn2C. The summed E-state index contributed by atoms with van der Waals surface area (Å²) in [6, 6.07) is 4.31. The number of nitrogens with zero attached hydrogens (tertiary/aromatic N) is 4. The molecule has 3 aromatic heterocycles. The van der Waals surface area contributed by atoms with Gasteiger partial charge in [-0.05, 0) is 42.9 Å². The lowest BCUT2D eigenvalue weighted by Gasteiger charge is -2.14. The summed E-state index contributed by atoms with van der Waals surface area (Å²) < 4.78 is 2.09. The van der Waals surface area contributed by atoms with Crippen LogP contribution in [0.5, 0.6) is 0 Å². The van der Waals surface area contributed by atoms with Crippen molar-refractivity contribution in [3.63, 3.8) is 0 Å². The molecular weight excluding hydrogens is 308 g/mol. The Hall–Kier alpha value is -2.23. The monoisotopic (exact) mass is 336 g/mol. The molecule has 0 aliphatic rings. The number of aromatic nitrogens is 4. The molecule has 0 bridgehead atoms. The zero-order valence-corrected chi connectivity index (χ0v) is 16.2. The van der Waals surface area contributed by atoms with Gasteiger partial charge in [0.25, 0.3) is 0 Å². The average molecular weight is 336 g/mol. The number of hydrogen-bond donors (Lipinski definition) is 0. The minimum atomic E-state index is 0.429. The number of aryl methyl sites for hydroxylation is 4. The van der Waals surface area contributed by atoms with Crippen molar-refractivity contribution < 1.29 is 0 Å². The van der Waals surface area contributed by atoms with Gasteiger partial charge in [0.15, 0.2) is 5.65 Å². The van der Waals surface area contributed by atoms with Crippen LogP contribution in [0.2, 0.25) is 0 Å². The molecule has 0 aromatic carbocycles. The van der Waals surface area contributed by atoms with Crippen LogP contribution in [0.4, 0.5) is 0 Å². The molecule has 0 unspecified atom stereocenters. The van der Waals surface area contributed by atoms with Crippen molar-refractivity contribution in [3.8, 4) is 11.3 Å². The lowest BCUT2D eigenvalue weighted by Crippen LogP contribution is -2.04. The van der Waals surface area contributed by atoms with E-state index in [2.05, 4.69) is 57.5 Å². The topological polar surface area (TPSA) is 43.6 Å². The lowest BCUT2D eigenvalue weighted by atomic mass is 10.0. The largest absolute Gasteiger partial charge is 0.334 e. The smallest absolute Gasteiger partial charge is 0.159 e. The second-order valence-electron chi connectivity index (χ2n) is 6.90. The van der Waals surface area contributed by atoms with Crippen molar-refractivity contribution in [1.29, 1.82) is 0 Å². The molecule has 3 heterocycles. The van der Waals surface area contributed by atoms with Gasteiger partial charge in [0.2, 0.25) is 0 Å². The predicted octanol–water partition coefficient (Wildman–Crippen LogP) is 4.84. The van der Waals surface area contributed by atoms with E-state index in [4.69, 9.17) is 15.0 Å². The molecule has 3 rings (SSSR count). The van der Waals surface area contributed by atoms with E-state index in [0.29, 0.717) is 5.92 Å². The third-order valence-corrected chi connectivity index (χ3v) is 4.83. The highest BCUT2D eigenvalue weighted by atomic mass is 15.0. The van der Waals surface area contributed by atoms with Crippen LogP contribution >= 0.6 is 0 Å². The highest BCUT2D eigenvalue weighted by Crippen LogP contribution is 2.29. The Kier molecular flexibility index (Phi) is 4.89. The van der Waals surface area contributed by atoms with Gasteiger partial charge < -0.3 is 4.57 Å². The van der Waals surface area contributed by atoms with Gasteiger partial charge in [-0.3, -0.25) is 4.98 Å². The van der Waals surface area contributed by atoms with Crippen LogP contribution in [0.1, 0.15) is 63.2 Å². The van der Waals surface area contributed by atoms with Crippen molar-refractivity contribution in [3.05, 3.63) is 41.0 Å². The van der Waals surface area contributed by atoms with Crippen LogP contribution in [-0.2, 0) is 26.3 Å². The van der Waals surface area contributed by atoms with E-state index in [-0.39, 0.29) is 0 Å². The van der Waals surface area contributed by atoms with Crippen LogP contribution in [0.3, 0.4) is 0 Å². The maximum Gasteiger partial charge on any atom is 0.159 e. The fourth-order valence-corrected chi connectivity index (χ4v) is 3.32. The van der Waals surface area contributed by atoms with Gasteiger partial charge in [0, 0.05) is 30.2 Å². The zero-order chi connectivity index (χ0) is 18.1. The highest BCUT2D eigenvalue weighted by Gasteiger charge is 2.18. The molecule has 4 heteroatoms. The minimum Gasteiger partial charge on any atom is -0.334 e. The van der Waals surface area contributed by atoms with Crippen molar-refractivity contribution in [2.75, 3.05) is 0 Å². The summed E-state index contributed by atoms with van der Waals surface area (Å²) in [4.78, 5) is 14.9. The van der Waals surface area contributed by atoms with Crippen molar-refractivity contribution >= 4 is 11.2 Å². The van der Waals surface area contributed by atoms with E-state index in [1.54, 1.807) is 0 Å². The Balaban J connectivity index is 2.26. The summed E-state index contributed by atoms with van der Waals surface area (Å²) in [6.07, 6.45) is 4.88. The normalized spacial score (nSPS) is 11.6. The van der Waals surface area contributed by atoms with Gasteiger partial charge in [-0.1, -0.05) is 34.6 Å². The predicted molar refractivity (Wildman–Crippen MR) is 104 cm³/mol. The van der Waals surface area contributed by atoms with Crippen molar-refractivity contribution in [2.24, 2.45) is 7.05 Å². The van der Waals surface area contributed by atoms with E-state index in [0.717, 1.165) is 58.8 Å². The van der Waals surface area contributed by atoms with Gasteiger partial charge >= 0.3 is 0 Å². The summed E-state index contributed by atoms with van der Waals surface area (Å²) in [5.74, 6) is 0.429. The Morgan fingerprint density at radius 2 is 1.64 bits per heavy atom. The summed E-state index contributed by atoms with van der Waals surface area (Å²) in [7, 11) is 2.05. The molecule has 4 nitrogen and oxygen atoms in total. The fourth-order valence-electron chi connectivity index (χ4n) is 3.32. The van der Waals surface area contributed by atoms with Crippen molar-refractivity contribution in [2.45, 2.75) is 59.8 Å². The molecular formula is C21H28N4. The highest BCUT2D eigenvalue weighted by molar-refractivity contribution is 5.80. The Morgan fingerprint density at radius 1 is 0.920 bits per heavy atom. The second kappa shape index (κ2) is 6.95. The molecule has 0 N–H and O–H groups in total. The molecule has 0 saturated carbocycles. The summed E-state index contributed by atoms with van der Waals surface area (Å²) in [6.45, 7) is 10.8. The van der Waals surface area contributed by atoms with E-state index in [1.807, 2.05) is 7.05 Å². The molecule has 25 heavy (non-hydrogen) atoms. The number of pyridine rings is 1. The minimum absolute atomic E-state index is 0.429. The molecule has 0 atom stereocenters. The van der Waals surface area contributed by atoms with Crippen LogP contribution in [0.15, 0.2) is 18.3 Å². The molecule has 3 aromatic rings. The van der Waals surface area contributed by atoms with Gasteiger partial charge in [-0.15, -0.1) is 0 Å². The Bertz CT molecular complexity index is 906. The van der Waals surface area contributed by atoms with Gasteiger partial charge in [-0.25, -0.2) is 9.97 Å². The first-order valence-corrected chi connectivity index (χ1v) is 9.35. The number of rotatable bonds is 5. The molecule has 0 radical (unpaired) electrons. The van der Waals surface area contributed by atoms with Crippen LogP contribution in [0.25, 0.3) is 22.4 Å². The van der Waals surface area contributed by atoms with E-state index >= 15 is 0 Å². The summed E-state index contributed by atoms with van der Waals surface area (Å²) >= 11 is 0. The average Bonchev–Trinajstić information content (AvgIpc) is 2.95. The first-order chi connectivity index (χ1) is 12.0. The molecule has 0 fully saturated rings. The fraction of sp³-hybridized carbons (Fsp3) is 0.476. The third-order valence-electron chi connectivity index (χ3n) is 4.83. The van der Waals surface area contributed by atoms with Crippen LogP contribution < -0.4 is 0 Å². The van der Waals surface area contributed by atoms with Crippen molar-refractivity contribution in [1.82, 2.24) is 19.5 Å². The van der Waals surface area contributed by atoms with Gasteiger partial charge in [0.1, 0.15) is 5.52 Å². The first-order valence-electron chi connectivity index (χ1n) is 9.35. The second-order valence-corrected chi connectivity index (χ2v) is 6.90. The molecule has 0 amide bonds. The van der Waals surface area contributed by atoms with E-state index in [9.17, 15) is 0 Å². The van der Waals surface area contributed by atoms with Gasteiger partial charge in [0.05, 0.1) is 11.4 Å². The maximum atomic E-state index is 5.03. The zero-order valence-electron chi connectivity index (χ0n) is 16.2.